The third kappa shape index (κ3) is 4.75. The van der Waals surface area contributed by atoms with Gasteiger partial charge in [0.25, 0.3) is 0 Å². The monoisotopic (exact) mass is 365 g/mol. The van der Waals surface area contributed by atoms with E-state index in [1.54, 1.807) is 13.8 Å². The lowest BCUT2D eigenvalue weighted by molar-refractivity contribution is 0.213. The number of benzene rings is 2. The molecule has 0 saturated carbocycles. The van der Waals surface area contributed by atoms with E-state index >= 15 is 0 Å². The van der Waals surface area contributed by atoms with Crippen molar-refractivity contribution in [2.75, 3.05) is 18.5 Å². The van der Waals surface area contributed by atoms with Gasteiger partial charge in [-0.15, -0.1) is 0 Å². The fourth-order valence-electron chi connectivity index (χ4n) is 2.44. The van der Waals surface area contributed by atoms with E-state index < -0.39 is 13.4 Å². The quantitative estimate of drug-likeness (QED) is 0.583. The second-order valence-corrected chi connectivity index (χ2v) is 7.64. The maximum Gasteiger partial charge on any atom is 0.357 e. The van der Waals surface area contributed by atoms with Gasteiger partial charge in [-0.05, 0) is 45.0 Å². The smallest absolute Gasteiger partial charge is 0.357 e. The number of phenols is 2. The molecule has 2 aromatic carbocycles. The van der Waals surface area contributed by atoms with Gasteiger partial charge in [0.1, 0.15) is 11.5 Å². The molecule has 136 valence electrons. The van der Waals surface area contributed by atoms with Gasteiger partial charge in [-0.1, -0.05) is 17.7 Å². The molecule has 0 radical (unpaired) electrons. The van der Waals surface area contributed by atoms with Gasteiger partial charge >= 0.3 is 7.60 Å². The fraction of sp³-hybridized carbons (Fsp3) is 0.333. The van der Waals surface area contributed by atoms with Crippen molar-refractivity contribution in [3.63, 3.8) is 0 Å². The standard InChI is InChI=1S/C18H24NO5P/c1-4-23-25(22,24-5-2)18(16-11-10-15(20)12-17(16)21)19-14-8-6-13(3)7-9-14/h6-12,18-21H,4-5H2,1-3H3. The van der Waals surface area contributed by atoms with E-state index in [0.29, 0.717) is 11.3 Å². The first-order chi connectivity index (χ1) is 11.9. The summed E-state index contributed by atoms with van der Waals surface area (Å²) >= 11 is 0. The maximum atomic E-state index is 13.3. The SMILES string of the molecule is CCOP(=O)(OCC)C(Nc1ccc(C)cc1)c1ccc(O)cc1O. The van der Waals surface area contributed by atoms with Crippen LogP contribution in [0.5, 0.6) is 11.5 Å². The third-order valence-electron chi connectivity index (χ3n) is 3.60. The van der Waals surface area contributed by atoms with Crippen LogP contribution in [0.3, 0.4) is 0 Å². The van der Waals surface area contributed by atoms with Gasteiger partial charge < -0.3 is 24.6 Å². The summed E-state index contributed by atoms with van der Waals surface area (Å²) in [5.41, 5.74) is 2.12. The molecule has 0 aromatic heterocycles. The highest BCUT2D eigenvalue weighted by Crippen LogP contribution is 2.62. The average molecular weight is 365 g/mol. The van der Waals surface area contributed by atoms with Crippen LogP contribution in [0.15, 0.2) is 42.5 Å². The summed E-state index contributed by atoms with van der Waals surface area (Å²) < 4.78 is 24.3. The Morgan fingerprint density at radius 2 is 1.64 bits per heavy atom. The van der Waals surface area contributed by atoms with Crippen molar-refractivity contribution in [1.29, 1.82) is 0 Å². The zero-order valence-electron chi connectivity index (χ0n) is 14.6. The highest BCUT2D eigenvalue weighted by Gasteiger charge is 2.38. The molecule has 0 spiro atoms. The Kier molecular flexibility index (Phi) is 6.48. The summed E-state index contributed by atoms with van der Waals surface area (Å²) in [5, 5.41) is 22.9. The van der Waals surface area contributed by atoms with Crippen molar-refractivity contribution < 1.29 is 23.8 Å². The average Bonchev–Trinajstić information content (AvgIpc) is 2.55. The zero-order chi connectivity index (χ0) is 18.4. The molecule has 0 bridgehead atoms. The van der Waals surface area contributed by atoms with E-state index in [4.69, 9.17) is 9.05 Å². The molecule has 1 atom stereocenters. The molecule has 7 heteroatoms. The second kappa shape index (κ2) is 8.39. The molecule has 2 aromatic rings. The number of phenolic OH excluding ortho intramolecular Hbond substituents is 2. The highest BCUT2D eigenvalue weighted by molar-refractivity contribution is 7.54. The van der Waals surface area contributed by atoms with Crippen LogP contribution in [0.1, 0.15) is 30.8 Å². The topological polar surface area (TPSA) is 88.0 Å². The van der Waals surface area contributed by atoms with Gasteiger partial charge in [0, 0.05) is 17.3 Å². The van der Waals surface area contributed by atoms with Crippen molar-refractivity contribution in [3.05, 3.63) is 53.6 Å². The van der Waals surface area contributed by atoms with Crippen LogP contribution in [-0.2, 0) is 13.6 Å². The minimum absolute atomic E-state index is 0.0852. The number of anilines is 1. The summed E-state index contributed by atoms with van der Waals surface area (Å²) in [4.78, 5) is 0. The molecular formula is C18H24NO5P. The Morgan fingerprint density at radius 1 is 1.04 bits per heavy atom. The van der Waals surface area contributed by atoms with Crippen molar-refractivity contribution in [1.82, 2.24) is 0 Å². The summed E-state index contributed by atoms with van der Waals surface area (Å²) in [6.45, 7) is 5.82. The highest BCUT2D eigenvalue weighted by atomic mass is 31.2. The number of rotatable bonds is 8. The van der Waals surface area contributed by atoms with E-state index in [2.05, 4.69) is 5.32 Å². The van der Waals surface area contributed by atoms with Crippen molar-refractivity contribution in [2.45, 2.75) is 26.6 Å². The molecule has 0 aliphatic carbocycles. The van der Waals surface area contributed by atoms with Gasteiger partial charge in [-0.25, -0.2) is 0 Å². The molecule has 2 rings (SSSR count). The van der Waals surface area contributed by atoms with Crippen LogP contribution in [-0.4, -0.2) is 23.4 Å². The van der Waals surface area contributed by atoms with E-state index in [-0.39, 0.29) is 24.7 Å². The number of aryl methyl sites for hydroxylation is 1. The predicted molar refractivity (Wildman–Crippen MR) is 98.2 cm³/mol. The van der Waals surface area contributed by atoms with E-state index in [9.17, 15) is 14.8 Å². The van der Waals surface area contributed by atoms with Crippen LogP contribution in [0.4, 0.5) is 5.69 Å². The normalized spacial score (nSPS) is 12.8. The molecule has 0 heterocycles. The number of hydrogen-bond acceptors (Lipinski definition) is 6. The molecule has 1 unspecified atom stereocenters. The molecule has 6 nitrogen and oxygen atoms in total. The lowest BCUT2D eigenvalue weighted by Crippen LogP contribution is -2.15. The molecule has 25 heavy (non-hydrogen) atoms. The fourth-order valence-corrected chi connectivity index (χ4v) is 4.40. The number of aromatic hydroxyl groups is 2. The summed E-state index contributed by atoms with van der Waals surface area (Å²) in [6, 6.07) is 11.7. The van der Waals surface area contributed by atoms with E-state index in [1.807, 2.05) is 31.2 Å². The molecule has 0 saturated heterocycles. The van der Waals surface area contributed by atoms with Crippen molar-refractivity contribution >= 4 is 13.3 Å². The lowest BCUT2D eigenvalue weighted by atomic mass is 10.1. The second-order valence-electron chi connectivity index (χ2n) is 5.53. The van der Waals surface area contributed by atoms with Crippen LogP contribution >= 0.6 is 7.60 Å². The molecular weight excluding hydrogens is 341 g/mol. The molecule has 3 N–H and O–H groups in total. The Labute approximate surface area is 148 Å². The van der Waals surface area contributed by atoms with Gasteiger partial charge in [0.2, 0.25) is 0 Å². The summed E-state index contributed by atoms with van der Waals surface area (Å²) in [5.74, 6) is -1.20. The first kappa shape index (κ1) is 19.3. The Hall–Kier alpha value is -2.01. The van der Waals surface area contributed by atoms with Gasteiger partial charge in [-0.3, -0.25) is 4.57 Å². The van der Waals surface area contributed by atoms with Crippen LogP contribution < -0.4 is 5.32 Å². The minimum Gasteiger partial charge on any atom is -0.508 e. The van der Waals surface area contributed by atoms with Crippen LogP contribution in [0, 0.1) is 6.92 Å². The Balaban J connectivity index is 2.49. The van der Waals surface area contributed by atoms with E-state index in [1.165, 1.54) is 18.2 Å². The lowest BCUT2D eigenvalue weighted by Gasteiger charge is -2.28. The largest absolute Gasteiger partial charge is 0.508 e. The first-order valence-electron chi connectivity index (χ1n) is 8.13. The van der Waals surface area contributed by atoms with Crippen molar-refractivity contribution in [3.8, 4) is 11.5 Å². The molecule has 0 fully saturated rings. The third-order valence-corrected chi connectivity index (χ3v) is 5.87. The summed E-state index contributed by atoms with van der Waals surface area (Å²) in [7, 11) is -3.62. The Morgan fingerprint density at radius 3 is 2.16 bits per heavy atom. The number of hydrogen-bond donors (Lipinski definition) is 3. The minimum atomic E-state index is -3.62. The zero-order valence-corrected chi connectivity index (χ0v) is 15.5. The molecule has 0 aliphatic rings. The maximum absolute atomic E-state index is 13.3. The van der Waals surface area contributed by atoms with Crippen LogP contribution in [0.25, 0.3) is 0 Å². The number of nitrogens with one attached hydrogen (secondary N) is 1. The Bertz CT molecular complexity index is 738. The van der Waals surface area contributed by atoms with Crippen molar-refractivity contribution in [2.24, 2.45) is 0 Å². The first-order valence-corrected chi connectivity index (χ1v) is 9.74. The molecule has 0 amide bonds. The van der Waals surface area contributed by atoms with Gasteiger partial charge in [0.15, 0.2) is 5.78 Å². The van der Waals surface area contributed by atoms with Gasteiger partial charge in [0.05, 0.1) is 13.2 Å². The summed E-state index contributed by atoms with van der Waals surface area (Å²) in [6.07, 6.45) is 0. The van der Waals surface area contributed by atoms with Gasteiger partial charge in [-0.2, -0.15) is 0 Å². The van der Waals surface area contributed by atoms with E-state index in [0.717, 1.165) is 5.56 Å². The predicted octanol–water partition coefficient (Wildman–Crippen LogP) is 4.78. The molecule has 0 aliphatic heterocycles. The van der Waals surface area contributed by atoms with Crippen LogP contribution in [0.2, 0.25) is 0 Å².